The van der Waals surface area contributed by atoms with Crippen LogP contribution in [0.15, 0.2) is 30.3 Å². The van der Waals surface area contributed by atoms with Gasteiger partial charge in [-0.3, -0.25) is 0 Å². The van der Waals surface area contributed by atoms with Crippen molar-refractivity contribution in [3.05, 3.63) is 39.5 Å². The van der Waals surface area contributed by atoms with Crippen LogP contribution in [0.2, 0.25) is 0 Å². The lowest BCUT2D eigenvalue weighted by Crippen LogP contribution is -1.94. The first-order valence-electron chi connectivity index (χ1n) is 3.95. The quantitative estimate of drug-likeness (QED) is 0.842. The first-order chi connectivity index (χ1) is 5.83. The van der Waals surface area contributed by atoms with E-state index in [1.165, 1.54) is 9.13 Å². The van der Waals surface area contributed by atoms with Gasteiger partial charge in [0.1, 0.15) is 0 Å². The first kappa shape index (κ1) is 9.74. The largest absolute Gasteiger partial charge is 0.330 e. The number of nitrogens with two attached hydrogens (primary N) is 1. The number of rotatable bonds is 3. The van der Waals surface area contributed by atoms with Crippen molar-refractivity contribution in [1.82, 2.24) is 0 Å². The second-order valence-electron chi connectivity index (χ2n) is 2.53. The molecule has 0 unspecified atom stereocenters. The van der Waals surface area contributed by atoms with Crippen LogP contribution in [0.5, 0.6) is 0 Å². The van der Waals surface area contributed by atoms with Crippen molar-refractivity contribution in [3.63, 3.8) is 0 Å². The van der Waals surface area contributed by atoms with Gasteiger partial charge in [0.2, 0.25) is 0 Å². The Balaban J connectivity index is 2.63. The van der Waals surface area contributed by atoms with Crippen LogP contribution in [0.3, 0.4) is 0 Å². The molecule has 0 aliphatic rings. The third kappa shape index (κ3) is 3.36. The number of benzene rings is 1. The van der Waals surface area contributed by atoms with E-state index in [2.05, 4.69) is 59.0 Å². The molecule has 0 amide bonds. The van der Waals surface area contributed by atoms with Crippen LogP contribution in [-0.4, -0.2) is 6.54 Å². The topological polar surface area (TPSA) is 26.0 Å². The van der Waals surface area contributed by atoms with E-state index in [1.54, 1.807) is 0 Å². The fraction of sp³-hybridized carbons (Fsp3) is 0.200. The number of hydrogen-bond acceptors (Lipinski definition) is 1. The summed E-state index contributed by atoms with van der Waals surface area (Å²) in [4.78, 5) is 0. The maximum Gasteiger partial charge on any atom is 0.0136 e. The Labute approximate surface area is 86.8 Å². The standard InChI is InChI=1S/C10H12IN/c11-10-6-3-5-9(8-10)4-1-2-7-12/h1,3-6,8H,2,7,12H2/b4-1+. The third-order valence-electron chi connectivity index (χ3n) is 1.49. The van der Waals surface area contributed by atoms with Crippen LogP contribution < -0.4 is 5.73 Å². The van der Waals surface area contributed by atoms with Crippen molar-refractivity contribution in [1.29, 1.82) is 0 Å². The van der Waals surface area contributed by atoms with Crippen LogP contribution in [0, 0.1) is 3.57 Å². The highest BCUT2D eigenvalue weighted by Crippen LogP contribution is 2.09. The van der Waals surface area contributed by atoms with Gasteiger partial charge in [-0.2, -0.15) is 0 Å². The van der Waals surface area contributed by atoms with Gasteiger partial charge >= 0.3 is 0 Å². The van der Waals surface area contributed by atoms with E-state index in [4.69, 9.17) is 5.73 Å². The highest BCUT2D eigenvalue weighted by molar-refractivity contribution is 14.1. The second kappa shape index (κ2) is 5.32. The summed E-state index contributed by atoms with van der Waals surface area (Å²) in [6.07, 6.45) is 5.16. The summed E-state index contributed by atoms with van der Waals surface area (Å²) >= 11 is 2.31. The Morgan fingerprint density at radius 3 is 2.92 bits per heavy atom. The lowest BCUT2D eigenvalue weighted by molar-refractivity contribution is 1.01. The van der Waals surface area contributed by atoms with Crippen molar-refractivity contribution in [2.75, 3.05) is 6.54 Å². The van der Waals surface area contributed by atoms with E-state index in [-0.39, 0.29) is 0 Å². The zero-order chi connectivity index (χ0) is 8.81. The van der Waals surface area contributed by atoms with Crippen LogP contribution in [0.4, 0.5) is 0 Å². The molecule has 0 atom stereocenters. The third-order valence-corrected chi connectivity index (χ3v) is 2.16. The van der Waals surface area contributed by atoms with Gasteiger partial charge in [-0.05, 0) is 53.3 Å². The second-order valence-corrected chi connectivity index (χ2v) is 3.78. The summed E-state index contributed by atoms with van der Waals surface area (Å²) < 4.78 is 1.27. The molecule has 0 aliphatic carbocycles. The molecule has 0 spiro atoms. The minimum absolute atomic E-state index is 0.723. The smallest absolute Gasteiger partial charge is 0.0136 e. The highest BCUT2D eigenvalue weighted by Gasteiger charge is 1.86. The minimum Gasteiger partial charge on any atom is -0.330 e. The highest BCUT2D eigenvalue weighted by atomic mass is 127. The summed E-state index contributed by atoms with van der Waals surface area (Å²) in [5.74, 6) is 0. The molecule has 0 saturated heterocycles. The predicted molar refractivity (Wildman–Crippen MR) is 61.9 cm³/mol. The molecule has 1 rings (SSSR count). The van der Waals surface area contributed by atoms with Gasteiger partial charge in [0.15, 0.2) is 0 Å². The summed E-state index contributed by atoms with van der Waals surface area (Å²) in [6, 6.07) is 8.38. The molecule has 2 heteroatoms. The fourth-order valence-electron chi connectivity index (χ4n) is 0.926. The average Bonchev–Trinajstić information content (AvgIpc) is 2.05. The maximum absolute atomic E-state index is 5.37. The molecular weight excluding hydrogens is 261 g/mol. The van der Waals surface area contributed by atoms with Crippen molar-refractivity contribution in [2.45, 2.75) is 6.42 Å². The molecule has 0 aromatic heterocycles. The molecule has 0 radical (unpaired) electrons. The Hall–Kier alpha value is -0.350. The summed E-state index contributed by atoms with van der Waals surface area (Å²) in [6.45, 7) is 0.723. The van der Waals surface area contributed by atoms with Gasteiger partial charge in [0.25, 0.3) is 0 Å². The van der Waals surface area contributed by atoms with Gasteiger partial charge in [-0.15, -0.1) is 0 Å². The minimum atomic E-state index is 0.723. The van der Waals surface area contributed by atoms with Crippen molar-refractivity contribution in [2.24, 2.45) is 5.73 Å². The predicted octanol–water partition coefficient (Wildman–Crippen LogP) is 2.65. The molecule has 0 bridgehead atoms. The molecule has 2 N–H and O–H groups in total. The molecule has 0 heterocycles. The summed E-state index contributed by atoms with van der Waals surface area (Å²) in [7, 11) is 0. The van der Waals surface area contributed by atoms with E-state index < -0.39 is 0 Å². The zero-order valence-electron chi connectivity index (χ0n) is 6.83. The van der Waals surface area contributed by atoms with Crippen LogP contribution >= 0.6 is 22.6 Å². The van der Waals surface area contributed by atoms with Crippen molar-refractivity contribution < 1.29 is 0 Å². The van der Waals surface area contributed by atoms with Crippen molar-refractivity contribution >= 4 is 28.7 Å². The molecule has 1 aromatic rings. The molecule has 0 aliphatic heterocycles. The van der Waals surface area contributed by atoms with Crippen LogP contribution in [0.1, 0.15) is 12.0 Å². The Bertz CT molecular complexity index is 268. The first-order valence-corrected chi connectivity index (χ1v) is 5.03. The lowest BCUT2D eigenvalue weighted by Gasteiger charge is -1.93. The molecule has 0 fully saturated rings. The van der Waals surface area contributed by atoms with Gasteiger partial charge in [0, 0.05) is 3.57 Å². The maximum atomic E-state index is 5.37. The van der Waals surface area contributed by atoms with Gasteiger partial charge in [-0.25, -0.2) is 0 Å². The Morgan fingerprint density at radius 1 is 1.42 bits per heavy atom. The normalized spacial score (nSPS) is 10.8. The molecular formula is C10H12IN. The Morgan fingerprint density at radius 2 is 2.25 bits per heavy atom. The SMILES string of the molecule is NCC/C=C/c1cccc(I)c1. The van der Waals surface area contributed by atoms with E-state index in [1.807, 2.05) is 0 Å². The van der Waals surface area contributed by atoms with Crippen molar-refractivity contribution in [3.8, 4) is 0 Å². The molecule has 1 nitrogen and oxygen atoms in total. The molecule has 12 heavy (non-hydrogen) atoms. The zero-order valence-corrected chi connectivity index (χ0v) is 8.99. The van der Waals surface area contributed by atoms with Gasteiger partial charge < -0.3 is 5.73 Å². The fourth-order valence-corrected chi connectivity index (χ4v) is 1.49. The van der Waals surface area contributed by atoms with Crippen LogP contribution in [-0.2, 0) is 0 Å². The summed E-state index contributed by atoms with van der Waals surface area (Å²) in [5, 5.41) is 0. The van der Waals surface area contributed by atoms with Gasteiger partial charge in [0.05, 0.1) is 0 Å². The number of hydrogen-bond donors (Lipinski definition) is 1. The van der Waals surface area contributed by atoms with Gasteiger partial charge in [-0.1, -0.05) is 24.3 Å². The molecule has 0 saturated carbocycles. The molecule has 64 valence electrons. The van der Waals surface area contributed by atoms with E-state index in [9.17, 15) is 0 Å². The monoisotopic (exact) mass is 273 g/mol. The van der Waals surface area contributed by atoms with Crippen LogP contribution in [0.25, 0.3) is 6.08 Å². The van der Waals surface area contributed by atoms with E-state index in [0.29, 0.717) is 0 Å². The molecule has 1 aromatic carbocycles. The average molecular weight is 273 g/mol. The van der Waals surface area contributed by atoms with E-state index in [0.717, 1.165) is 13.0 Å². The lowest BCUT2D eigenvalue weighted by atomic mass is 10.2. The number of halogens is 1. The summed E-state index contributed by atoms with van der Waals surface area (Å²) in [5.41, 5.74) is 6.62. The van der Waals surface area contributed by atoms with E-state index >= 15 is 0 Å². The Kier molecular flexibility index (Phi) is 4.32.